The average molecular weight is 508 g/mol. The molecule has 4 rings (SSSR count). The van der Waals surface area contributed by atoms with Gasteiger partial charge in [-0.2, -0.15) is 12.2 Å². The topological polar surface area (TPSA) is 46.1 Å². The van der Waals surface area contributed by atoms with E-state index in [2.05, 4.69) is 51.2 Å². The van der Waals surface area contributed by atoms with Crippen molar-refractivity contribution in [2.24, 2.45) is 0 Å². The zero-order valence-corrected chi connectivity index (χ0v) is 22.4. The van der Waals surface area contributed by atoms with Crippen molar-refractivity contribution in [3.8, 4) is 11.5 Å². The van der Waals surface area contributed by atoms with E-state index in [-0.39, 0.29) is 38.3 Å². The number of allylic oxidation sites excluding steroid dienone is 8. The maximum absolute atomic E-state index is 10.3. The normalized spacial score (nSPS) is 11.2. The largest absolute Gasteiger partial charge is 0.872 e. The Morgan fingerprint density at radius 1 is 0.742 bits per heavy atom. The SMILES string of the molecule is C[C](C)=[Zr]=[Si](C)C.[C-]1=CC=CC1.[C-]1=CC=CC1.[O-]c1ccccc1.[O-]c1ccccc1. The van der Waals surface area contributed by atoms with Crippen LogP contribution >= 0.6 is 0 Å². The second-order valence-corrected chi connectivity index (χ2v) is 20.7. The molecule has 0 spiro atoms. The average Bonchev–Trinajstić information content (AvgIpc) is 3.48. The molecule has 0 N–H and O–H groups in total. The molecule has 31 heavy (non-hydrogen) atoms. The first-order valence-electron chi connectivity index (χ1n) is 10.2. The number of benzene rings is 2. The van der Waals surface area contributed by atoms with Gasteiger partial charge in [-0.15, -0.1) is 24.3 Å². The Bertz CT molecular complexity index is 776. The summed E-state index contributed by atoms with van der Waals surface area (Å²) in [6.45, 7) is 9.40. The third-order valence-corrected chi connectivity index (χ3v) is 11.5. The van der Waals surface area contributed by atoms with Gasteiger partial charge in [0.05, 0.1) is 0 Å². The first kappa shape index (κ1) is 29.0. The Kier molecular flexibility index (Phi) is 19.8. The van der Waals surface area contributed by atoms with Crippen LogP contribution in [0.15, 0.2) is 97.1 Å². The molecule has 0 fully saturated rings. The minimum absolute atomic E-state index is 0.0574. The summed E-state index contributed by atoms with van der Waals surface area (Å²) in [6, 6.07) is 16.7. The molecule has 0 unspecified atom stereocenters. The summed E-state index contributed by atoms with van der Waals surface area (Å²) in [7, 11) is 0. The fourth-order valence-corrected chi connectivity index (χ4v) is 10.4. The van der Waals surface area contributed by atoms with Gasteiger partial charge in [0.15, 0.2) is 0 Å². The number of para-hydroxylation sites is 2. The van der Waals surface area contributed by atoms with Crippen LogP contribution in [0.3, 0.4) is 0 Å². The molecule has 0 radical (unpaired) electrons. The molecular weight excluding hydrogens is 476 g/mol. The van der Waals surface area contributed by atoms with Gasteiger partial charge in [0, 0.05) is 0 Å². The monoisotopic (exact) mass is 506 g/mol. The molecule has 0 amide bonds. The van der Waals surface area contributed by atoms with Crippen LogP contribution in [0, 0.1) is 12.2 Å². The summed E-state index contributed by atoms with van der Waals surface area (Å²) in [5, 5.41) is 20.5. The Balaban J connectivity index is 0.000000365. The van der Waals surface area contributed by atoms with Crippen LogP contribution < -0.4 is 10.2 Å². The van der Waals surface area contributed by atoms with Crippen LogP contribution in [0.4, 0.5) is 0 Å². The molecule has 0 saturated heterocycles. The summed E-state index contributed by atoms with van der Waals surface area (Å²) in [4.78, 5) is 0. The van der Waals surface area contributed by atoms with Gasteiger partial charge >= 0.3 is 56.9 Å². The van der Waals surface area contributed by atoms with E-state index in [1.165, 1.54) is 24.3 Å². The molecule has 0 saturated carbocycles. The zero-order chi connectivity index (χ0) is 23.2. The third kappa shape index (κ3) is 24.1. The Morgan fingerprint density at radius 3 is 1.23 bits per heavy atom. The van der Waals surface area contributed by atoms with Gasteiger partial charge in [-0.25, -0.2) is 24.3 Å². The van der Waals surface area contributed by atoms with Crippen molar-refractivity contribution >= 4 is 8.64 Å². The van der Waals surface area contributed by atoms with E-state index in [1.54, 1.807) is 27.5 Å². The summed E-state index contributed by atoms with van der Waals surface area (Å²) in [6.07, 6.45) is 20.0. The number of hydrogen-bond donors (Lipinski definition) is 0. The molecule has 2 aromatic rings. The zero-order valence-electron chi connectivity index (χ0n) is 19.0. The van der Waals surface area contributed by atoms with Crippen molar-refractivity contribution in [1.82, 2.24) is 0 Å². The van der Waals surface area contributed by atoms with Crippen molar-refractivity contribution in [1.29, 1.82) is 0 Å². The predicted molar refractivity (Wildman–Crippen MR) is 129 cm³/mol. The molecule has 2 aromatic carbocycles. The van der Waals surface area contributed by atoms with E-state index in [0.29, 0.717) is 0 Å². The van der Waals surface area contributed by atoms with Crippen LogP contribution in [0.25, 0.3) is 0 Å². The van der Waals surface area contributed by atoms with E-state index < -0.39 is 0 Å². The third-order valence-electron chi connectivity index (χ3n) is 3.16. The Labute approximate surface area is 199 Å². The fraction of sp³-hybridized carbons (Fsp3) is 0.222. The quantitative estimate of drug-likeness (QED) is 0.341. The number of rotatable bonds is 0. The van der Waals surface area contributed by atoms with Gasteiger partial charge in [-0.05, 0) is 0 Å². The van der Waals surface area contributed by atoms with E-state index in [4.69, 9.17) is 0 Å². The molecule has 4 heteroatoms. The van der Waals surface area contributed by atoms with Gasteiger partial charge < -0.3 is 10.2 Å². The van der Waals surface area contributed by atoms with E-state index >= 15 is 0 Å². The first-order chi connectivity index (χ1) is 14.9. The molecule has 0 heterocycles. The minimum Gasteiger partial charge on any atom is -0.872 e. The Morgan fingerprint density at radius 2 is 1.13 bits per heavy atom. The second-order valence-electron chi connectivity index (χ2n) is 6.76. The smallest absolute Gasteiger partial charge is 0.0623 e. The standard InChI is InChI=1S/2C6H6O.2C5H5.C3H6.C2H6Si.Zr/c2*7-6-4-2-1-3-5-6;2*1-2-4-5-3-1;2*1-3-2;/h2*1-5,7H;2*1-3H,4H2;2*1-2H3;/q;;2*-1;;;/p-2. The van der Waals surface area contributed by atoms with Gasteiger partial charge in [-0.3, -0.25) is 12.2 Å². The molecule has 164 valence electrons. The van der Waals surface area contributed by atoms with Crippen molar-refractivity contribution in [2.75, 3.05) is 0 Å². The van der Waals surface area contributed by atoms with Crippen molar-refractivity contribution in [2.45, 2.75) is 39.8 Å². The maximum atomic E-state index is 10.3. The van der Waals surface area contributed by atoms with Gasteiger partial charge in [0.25, 0.3) is 0 Å². The van der Waals surface area contributed by atoms with Gasteiger partial charge in [0.1, 0.15) is 0 Å². The summed E-state index contributed by atoms with van der Waals surface area (Å²) in [5.74, 6) is 0.144. The van der Waals surface area contributed by atoms with Crippen molar-refractivity contribution < 1.29 is 31.6 Å². The molecule has 2 aliphatic rings. The fourth-order valence-electron chi connectivity index (χ4n) is 2.02. The second kappa shape index (κ2) is 21.2. The molecule has 2 nitrogen and oxygen atoms in total. The van der Waals surface area contributed by atoms with Gasteiger partial charge in [0.2, 0.25) is 0 Å². The molecule has 0 bridgehead atoms. The summed E-state index contributed by atoms with van der Waals surface area (Å²) >= 11 is 0.0574. The van der Waals surface area contributed by atoms with Crippen LogP contribution in [0.1, 0.15) is 26.7 Å². The van der Waals surface area contributed by atoms with Crippen LogP contribution in [-0.2, 0) is 21.4 Å². The number of hydrogen-bond acceptors (Lipinski definition) is 2. The van der Waals surface area contributed by atoms with Crippen LogP contribution in [0.5, 0.6) is 11.5 Å². The predicted octanol–water partition coefficient (Wildman–Crippen LogP) is 5.66. The molecular formula is C27H32O2SiZr-4. The van der Waals surface area contributed by atoms with E-state index in [1.807, 2.05) is 36.4 Å². The van der Waals surface area contributed by atoms with Gasteiger partial charge in [-0.1, -0.05) is 60.7 Å². The van der Waals surface area contributed by atoms with E-state index in [9.17, 15) is 10.2 Å². The molecule has 0 aliphatic heterocycles. The minimum atomic E-state index is 0.0574. The van der Waals surface area contributed by atoms with E-state index in [0.717, 1.165) is 12.8 Å². The van der Waals surface area contributed by atoms with Crippen molar-refractivity contribution in [3.05, 3.63) is 109 Å². The van der Waals surface area contributed by atoms with Crippen LogP contribution in [-0.4, -0.2) is 8.64 Å². The Hall–Kier alpha value is -2.03. The van der Waals surface area contributed by atoms with Crippen molar-refractivity contribution in [3.63, 3.8) is 0 Å². The molecule has 0 atom stereocenters. The molecule has 0 aromatic heterocycles. The first-order valence-corrected chi connectivity index (χ1v) is 17.6. The molecule has 2 aliphatic carbocycles. The summed E-state index contributed by atoms with van der Waals surface area (Å²) in [5.41, 5.74) is 0.199. The summed E-state index contributed by atoms with van der Waals surface area (Å²) < 4.78 is 1.75. The van der Waals surface area contributed by atoms with Crippen LogP contribution in [0.2, 0.25) is 13.1 Å². The maximum Gasteiger partial charge on any atom is -0.0623 e.